The van der Waals surface area contributed by atoms with Gasteiger partial charge in [0.05, 0.1) is 7.11 Å². The third kappa shape index (κ3) is 2.96. The highest BCUT2D eigenvalue weighted by atomic mass is 16.5. The normalized spacial score (nSPS) is 12.6. The molecule has 0 aliphatic carbocycles. The molecule has 0 saturated carbocycles. The molecule has 1 aromatic carbocycles. The second-order valence-corrected chi connectivity index (χ2v) is 4.22. The van der Waals surface area contributed by atoms with Crippen LogP contribution in [0.5, 0.6) is 5.75 Å². The van der Waals surface area contributed by atoms with E-state index in [-0.39, 0.29) is 6.04 Å². The summed E-state index contributed by atoms with van der Waals surface area (Å²) in [6.45, 7) is 6.24. The largest absolute Gasteiger partial charge is 0.496 e. The van der Waals surface area contributed by atoms with E-state index in [4.69, 9.17) is 10.5 Å². The first-order valence-corrected chi connectivity index (χ1v) is 5.45. The van der Waals surface area contributed by atoms with Gasteiger partial charge < -0.3 is 10.5 Å². The fourth-order valence-corrected chi connectivity index (χ4v) is 1.71. The predicted molar refractivity (Wildman–Crippen MR) is 64.4 cm³/mol. The van der Waals surface area contributed by atoms with Gasteiger partial charge in [0.15, 0.2) is 0 Å². The van der Waals surface area contributed by atoms with Crippen LogP contribution in [0.2, 0.25) is 0 Å². The summed E-state index contributed by atoms with van der Waals surface area (Å²) in [5, 5.41) is 0. The van der Waals surface area contributed by atoms with Gasteiger partial charge in [-0.2, -0.15) is 0 Å². The number of hydrogen-bond acceptors (Lipinski definition) is 2. The van der Waals surface area contributed by atoms with Crippen molar-refractivity contribution < 1.29 is 4.74 Å². The van der Waals surface area contributed by atoms with E-state index in [1.807, 2.05) is 6.92 Å². The van der Waals surface area contributed by atoms with E-state index in [2.05, 4.69) is 26.0 Å². The molecule has 2 heteroatoms. The molecule has 0 fully saturated rings. The van der Waals surface area contributed by atoms with Crippen molar-refractivity contribution in [3.63, 3.8) is 0 Å². The van der Waals surface area contributed by atoms with E-state index in [9.17, 15) is 0 Å². The van der Waals surface area contributed by atoms with Crippen molar-refractivity contribution >= 4 is 0 Å². The molecule has 15 heavy (non-hydrogen) atoms. The molecule has 0 aliphatic heterocycles. The van der Waals surface area contributed by atoms with Crippen LogP contribution in [0, 0.1) is 13.8 Å². The highest BCUT2D eigenvalue weighted by Crippen LogP contribution is 2.27. The van der Waals surface area contributed by atoms with Crippen LogP contribution < -0.4 is 10.5 Å². The van der Waals surface area contributed by atoms with Crippen LogP contribution in [0.4, 0.5) is 0 Å². The molecule has 0 heterocycles. The summed E-state index contributed by atoms with van der Waals surface area (Å²) in [5.41, 5.74) is 9.53. The second kappa shape index (κ2) is 5.17. The lowest BCUT2D eigenvalue weighted by Gasteiger charge is -2.14. The third-order valence-corrected chi connectivity index (χ3v) is 2.83. The van der Waals surface area contributed by atoms with Crippen molar-refractivity contribution in [3.05, 3.63) is 28.8 Å². The number of ether oxygens (including phenoxy) is 1. The van der Waals surface area contributed by atoms with Crippen LogP contribution >= 0.6 is 0 Å². The topological polar surface area (TPSA) is 35.2 Å². The van der Waals surface area contributed by atoms with E-state index < -0.39 is 0 Å². The first-order chi connectivity index (χ1) is 7.06. The van der Waals surface area contributed by atoms with Crippen LogP contribution in [-0.2, 0) is 6.42 Å². The molecular formula is C13H21NO. The van der Waals surface area contributed by atoms with Crippen molar-refractivity contribution in [2.24, 2.45) is 5.73 Å². The SMILES string of the molecule is COc1c(CCC(C)N)ccc(C)c1C. The van der Waals surface area contributed by atoms with Gasteiger partial charge in [-0.05, 0) is 50.3 Å². The Balaban J connectivity index is 2.92. The zero-order valence-electron chi connectivity index (χ0n) is 10.1. The standard InChI is InChI=1S/C13H21NO/c1-9-5-7-12(8-6-10(2)14)13(15-4)11(9)3/h5,7,10H,6,8,14H2,1-4H3. The maximum Gasteiger partial charge on any atom is 0.125 e. The fraction of sp³-hybridized carbons (Fsp3) is 0.538. The molecule has 1 atom stereocenters. The molecule has 0 spiro atoms. The molecule has 1 aromatic rings. The number of rotatable bonds is 4. The van der Waals surface area contributed by atoms with Crippen molar-refractivity contribution in [1.29, 1.82) is 0 Å². The number of benzene rings is 1. The van der Waals surface area contributed by atoms with Crippen molar-refractivity contribution in [1.82, 2.24) is 0 Å². The molecule has 0 radical (unpaired) electrons. The number of nitrogens with two attached hydrogens (primary N) is 1. The predicted octanol–water partition coefficient (Wildman–Crippen LogP) is 2.59. The van der Waals surface area contributed by atoms with Gasteiger partial charge >= 0.3 is 0 Å². The van der Waals surface area contributed by atoms with Gasteiger partial charge in [0.2, 0.25) is 0 Å². The van der Waals surface area contributed by atoms with Gasteiger partial charge in [-0.3, -0.25) is 0 Å². The molecule has 2 N–H and O–H groups in total. The lowest BCUT2D eigenvalue weighted by molar-refractivity contribution is 0.405. The van der Waals surface area contributed by atoms with E-state index in [1.54, 1.807) is 7.11 Å². The highest BCUT2D eigenvalue weighted by molar-refractivity contribution is 5.45. The summed E-state index contributed by atoms with van der Waals surface area (Å²) in [6, 6.07) is 4.54. The highest BCUT2D eigenvalue weighted by Gasteiger charge is 2.08. The summed E-state index contributed by atoms with van der Waals surface area (Å²) < 4.78 is 5.45. The number of hydrogen-bond donors (Lipinski definition) is 1. The fourth-order valence-electron chi connectivity index (χ4n) is 1.71. The Morgan fingerprint density at radius 1 is 1.33 bits per heavy atom. The van der Waals surface area contributed by atoms with Gasteiger partial charge in [0.1, 0.15) is 5.75 Å². The van der Waals surface area contributed by atoms with Gasteiger partial charge in [0.25, 0.3) is 0 Å². The first-order valence-electron chi connectivity index (χ1n) is 5.45. The third-order valence-electron chi connectivity index (χ3n) is 2.83. The Labute approximate surface area is 92.4 Å². The molecule has 0 aliphatic rings. The Hall–Kier alpha value is -1.02. The summed E-state index contributed by atoms with van der Waals surface area (Å²) in [5.74, 6) is 1.02. The maximum absolute atomic E-state index is 5.76. The summed E-state index contributed by atoms with van der Waals surface area (Å²) >= 11 is 0. The van der Waals surface area contributed by atoms with Crippen LogP contribution in [0.1, 0.15) is 30.0 Å². The van der Waals surface area contributed by atoms with Gasteiger partial charge in [-0.25, -0.2) is 0 Å². The maximum atomic E-state index is 5.76. The van der Waals surface area contributed by atoms with Gasteiger partial charge in [0, 0.05) is 6.04 Å². The van der Waals surface area contributed by atoms with Crippen LogP contribution in [-0.4, -0.2) is 13.2 Å². The van der Waals surface area contributed by atoms with E-state index >= 15 is 0 Å². The average molecular weight is 207 g/mol. The summed E-state index contributed by atoms with van der Waals surface area (Å²) in [4.78, 5) is 0. The molecule has 1 rings (SSSR count). The van der Waals surface area contributed by atoms with Crippen molar-refractivity contribution in [2.45, 2.75) is 39.7 Å². The zero-order chi connectivity index (χ0) is 11.4. The minimum absolute atomic E-state index is 0.247. The average Bonchev–Trinajstić information content (AvgIpc) is 2.19. The smallest absolute Gasteiger partial charge is 0.125 e. The van der Waals surface area contributed by atoms with Gasteiger partial charge in [-0.1, -0.05) is 12.1 Å². The number of aryl methyl sites for hydroxylation is 2. The Bertz CT molecular complexity index is 332. The minimum atomic E-state index is 0.247. The lowest BCUT2D eigenvalue weighted by atomic mass is 10.00. The second-order valence-electron chi connectivity index (χ2n) is 4.22. The quantitative estimate of drug-likeness (QED) is 0.823. The molecule has 0 bridgehead atoms. The Kier molecular flexibility index (Phi) is 4.15. The molecule has 84 valence electrons. The van der Waals surface area contributed by atoms with Crippen LogP contribution in [0.15, 0.2) is 12.1 Å². The minimum Gasteiger partial charge on any atom is -0.496 e. The van der Waals surface area contributed by atoms with Crippen molar-refractivity contribution in [3.8, 4) is 5.75 Å². The summed E-state index contributed by atoms with van der Waals surface area (Å²) in [7, 11) is 1.73. The monoisotopic (exact) mass is 207 g/mol. The Morgan fingerprint density at radius 2 is 2.00 bits per heavy atom. The molecule has 2 nitrogen and oxygen atoms in total. The molecule has 0 amide bonds. The zero-order valence-corrected chi connectivity index (χ0v) is 10.1. The Morgan fingerprint density at radius 3 is 2.53 bits per heavy atom. The van der Waals surface area contributed by atoms with E-state index in [0.717, 1.165) is 18.6 Å². The van der Waals surface area contributed by atoms with Crippen LogP contribution in [0.25, 0.3) is 0 Å². The lowest BCUT2D eigenvalue weighted by Crippen LogP contribution is -2.15. The molecule has 0 aromatic heterocycles. The van der Waals surface area contributed by atoms with Gasteiger partial charge in [-0.15, -0.1) is 0 Å². The van der Waals surface area contributed by atoms with Crippen LogP contribution in [0.3, 0.4) is 0 Å². The van der Waals surface area contributed by atoms with E-state index in [1.165, 1.54) is 16.7 Å². The van der Waals surface area contributed by atoms with Crippen molar-refractivity contribution in [2.75, 3.05) is 7.11 Å². The molecular weight excluding hydrogens is 186 g/mol. The van der Waals surface area contributed by atoms with E-state index in [0.29, 0.717) is 0 Å². The summed E-state index contributed by atoms with van der Waals surface area (Å²) in [6.07, 6.45) is 1.99. The molecule has 0 saturated heterocycles. The molecule has 1 unspecified atom stereocenters. The first kappa shape index (κ1) is 12.1. The number of methoxy groups -OCH3 is 1.